The summed E-state index contributed by atoms with van der Waals surface area (Å²) in [4.78, 5) is 1.91. The first kappa shape index (κ1) is 9.88. The molecule has 0 aliphatic carbocycles. The smallest absolute Gasteiger partial charge is 0.0664 e. The van der Waals surface area contributed by atoms with Crippen molar-refractivity contribution in [2.24, 2.45) is 0 Å². The molecule has 62 valence electrons. The van der Waals surface area contributed by atoms with Crippen LogP contribution in [0.2, 0.25) is 0 Å². The van der Waals surface area contributed by atoms with Gasteiger partial charge in [-0.2, -0.15) is 0 Å². The molecule has 0 aliphatic rings. The summed E-state index contributed by atoms with van der Waals surface area (Å²) in [6.45, 7) is 3.39. The van der Waals surface area contributed by atoms with E-state index >= 15 is 0 Å². The van der Waals surface area contributed by atoms with Crippen LogP contribution in [-0.4, -0.2) is 48.0 Å². The maximum Gasteiger partial charge on any atom is 0.0664 e. The van der Waals surface area contributed by atoms with Gasteiger partial charge >= 0.3 is 0 Å². The zero-order chi connectivity index (χ0) is 7.98. The molecule has 0 unspecified atom stereocenters. The lowest BCUT2D eigenvalue weighted by Crippen LogP contribution is -2.30. The Hall–Kier alpha value is -0.120. The van der Waals surface area contributed by atoms with Crippen molar-refractivity contribution in [3.05, 3.63) is 0 Å². The lowest BCUT2D eigenvalue weighted by Gasteiger charge is -2.17. The Bertz CT molecular complexity index is 78.0. The van der Waals surface area contributed by atoms with Gasteiger partial charge in [0.1, 0.15) is 0 Å². The minimum absolute atomic E-state index is 0.160. The number of hydrogen-bond acceptors (Lipinski definition) is 3. The van der Waals surface area contributed by atoms with Gasteiger partial charge in [0.15, 0.2) is 0 Å². The Kier molecular flexibility index (Phi) is 5.58. The fraction of sp³-hybridized carbons (Fsp3) is 1.00. The fourth-order valence-electron chi connectivity index (χ4n) is 0.751. The van der Waals surface area contributed by atoms with Crippen molar-refractivity contribution < 1.29 is 10.2 Å². The van der Waals surface area contributed by atoms with Gasteiger partial charge in [-0.15, -0.1) is 0 Å². The predicted molar refractivity (Wildman–Crippen MR) is 40.9 cm³/mol. The Labute approximate surface area is 62.3 Å². The summed E-state index contributed by atoms with van der Waals surface area (Å²) in [5.74, 6) is 0. The lowest BCUT2D eigenvalue weighted by atomic mass is 10.2. The highest BCUT2D eigenvalue weighted by atomic mass is 16.3. The van der Waals surface area contributed by atoms with Gasteiger partial charge in [0.25, 0.3) is 0 Å². The van der Waals surface area contributed by atoms with Gasteiger partial charge in [-0.3, -0.25) is 0 Å². The van der Waals surface area contributed by atoms with Gasteiger partial charge in [-0.1, -0.05) is 6.92 Å². The molecule has 0 radical (unpaired) electrons. The highest BCUT2D eigenvalue weighted by Gasteiger charge is 2.03. The summed E-state index contributed by atoms with van der Waals surface area (Å²) in [7, 11) is 1.88. The van der Waals surface area contributed by atoms with Crippen LogP contribution in [0.3, 0.4) is 0 Å². The normalized spacial score (nSPS) is 14.1. The molecule has 0 aromatic heterocycles. The molecular formula is C7H17NO2. The average molecular weight is 147 g/mol. The van der Waals surface area contributed by atoms with Crippen LogP contribution >= 0.6 is 0 Å². The molecule has 0 aromatic carbocycles. The van der Waals surface area contributed by atoms with Crippen molar-refractivity contribution >= 4 is 0 Å². The molecule has 3 nitrogen and oxygen atoms in total. The highest BCUT2D eigenvalue weighted by molar-refractivity contribution is 4.57. The SMILES string of the molecule is CC[C@H](O)CN(C)CCO. The minimum atomic E-state index is -0.253. The topological polar surface area (TPSA) is 43.7 Å². The van der Waals surface area contributed by atoms with E-state index in [1.54, 1.807) is 0 Å². The molecule has 0 amide bonds. The van der Waals surface area contributed by atoms with Gasteiger partial charge in [0.2, 0.25) is 0 Å². The zero-order valence-corrected chi connectivity index (χ0v) is 6.75. The number of aliphatic hydroxyl groups is 2. The minimum Gasteiger partial charge on any atom is -0.395 e. The molecule has 0 heterocycles. The summed E-state index contributed by atoms with van der Waals surface area (Å²) in [6.07, 6.45) is 0.520. The van der Waals surface area contributed by atoms with Gasteiger partial charge < -0.3 is 15.1 Å². The molecule has 2 N–H and O–H groups in total. The molecule has 0 saturated heterocycles. The number of rotatable bonds is 5. The first-order chi connectivity index (χ1) is 4.70. The molecule has 0 spiro atoms. The van der Waals surface area contributed by atoms with E-state index in [9.17, 15) is 0 Å². The van der Waals surface area contributed by atoms with Crippen LogP contribution in [0.5, 0.6) is 0 Å². The van der Waals surface area contributed by atoms with Gasteiger partial charge in [0, 0.05) is 13.1 Å². The van der Waals surface area contributed by atoms with Crippen molar-refractivity contribution in [3.8, 4) is 0 Å². The monoisotopic (exact) mass is 147 g/mol. The maximum absolute atomic E-state index is 9.13. The Morgan fingerprint density at radius 3 is 2.50 bits per heavy atom. The number of aliphatic hydroxyl groups excluding tert-OH is 2. The molecule has 0 aromatic rings. The quantitative estimate of drug-likeness (QED) is 0.560. The molecule has 0 rings (SSSR count). The molecule has 0 aliphatic heterocycles. The molecule has 0 fully saturated rings. The molecule has 0 bridgehead atoms. The van der Waals surface area contributed by atoms with Crippen molar-refractivity contribution in [2.75, 3.05) is 26.7 Å². The van der Waals surface area contributed by atoms with E-state index in [4.69, 9.17) is 10.2 Å². The first-order valence-corrected chi connectivity index (χ1v) is 3.68. The van der Waals surface area contributed by atoms with Crippen LogP contribution in [0.4, 0.5) is 0 Å². The van der Waals surface area contributed by atoms with Crippen molar-refractivity contribution in [3.63, 3.8) is 0 Å². The van der Waals surface area contributed by atoms with E-state index in [1.807, 2.05) is 18.9 Å². The van der Waals surface area contributed by atoms with E-state index in [0.29, 0.717) is 13.1 Å². The fourth-order valence-corrected chi connectivity index (χ4v) is 0.751. The second-order valence-electron chi connectivity index (χ2n) is 2.55. The van der Waals surface area contributed by atoms with Gasteiger partial charge in [-0.25, -0.2) is 0 Å². The van der Waals surface area contributed by atoms with Gasteiger partial charge in [0.05, 0.1) is 12.7 Å². The summed E-state index contributed by atoms with van der Waals surface area (Å²) in [5.41, 5.74) is 0. The Morgan fingerprint density at radius 1 is 1.50 bits per heavy atom. The van der Waals surface area contributed by atoms with E-state index in [1.165, 1.54) is 0 Å². The molecule has 1 atom stereocenters. The lowest BCUT2D eigenvalue weighted by molar-refractivity contribution is 0.111. The highest BCUT2D eigenvalue weighted by Crippen LogP contribution is 1.92. The molecule has 3 heteroatoms. The zero-order valence-electron chi connectivity index (χ0n) is 6.75. The standard InChI is InChI=1S/C7H17NO2/c1-3-7(10)6-8(2)4-5-9/h7,9-10H,3-6H2,1-2H3/t7-/m0/s1. The summed E-state index contributed by atoms with van der Waals surface area (Å²) in [5, 5.41) is 17.6. The molecule has 10 heavy (non-hydrogen) atoms. The van der Waals surface area contributed by atoms with Crippen LogP contribution in [0, 0.1) is 0 Å². The second kappa shape index (κ2) is 5.65. The van der Waals surface area contributed by atoms with Crippen LogP contribution in [-0.2, 0) is 0 Å². The average Bonchev–Trinajstić information content (AvgIpc) is 1.88. The largest absolute Gasteiger partial charge is 0.395 e. The third-order valence-electron chi connectivity index (χ3n) is 1.48. The molecule has 0 saturated carbocycles. The summed E-state index contributed by atoms with van der Waals surface area (Å²) in [6, 6.07) is 0. The summed E-state index contributed by atoms with van der Waals surface area (Å²) < 4.78 is 0. The van der Waals surface area contributed by atoms with Crippen LogP contribution in [0.15, 0.2) is 0 Å². The third kappa shape index (κ3) is 4.73. The van der Waals surface area contributed by atoms with Gasteiger partial charge in [-0.05, 0) is 13.5 Å². The third-order valence-corrected chi connectivity index (χ3v) is 1.48. The van der Waals surface area contributed by atoms with E-state index in [-0.39, 0.29) is 12.7 Å². The number of nitrogens with zero attached hydrogens (tertiary/aromatic N) is 1. The Morgan fingerprint density at radius 2 is 2.10 bits per heavy atom. The second-order valence-corrected chi connectivity index (χ2v) is 2.55. The van der Waals surface area contributed by atoms with E-state index < -0.39 is 0 Å². The van der Waals surface area contributed by atoms with Crippen LogP contribution in [0.1, 0.15) is 13.3 Å². The summed E-state index contributed by atoms with van der Waals surface area (Å²) >= 11 is 0. The van der Waals surface area contributed by atoms with E-state index in [0.717, 1.165) is 6.42 Å². The van der Waals surface area contributed by atoms with Crippen LogP contribution < -0.4 is 0 Å². The first-order valence-electron chi connectivity index (χ1n) is 3.68. The maximum atomic E-state index is 9.13. The Balaban J connectivity index is 3.27. The number of hydrogen-bond donors (Lipinski definition) is 2. The van der Waals surface area contributed by atoms with Crippen molar-refractivity contribution in [2.45, 2.75) is 19.4 Å². The number of likely N-dealkylation sites (N-methyl/N-ethyl adjacent to an activating group) is 1. The molecular weight excluding hydrogens is 130 g/mol. The van der Waals surface area contributed by atoms with Crippen molar-refractivity contribution in [1.82, 2.24) is 4.90 Å². The van der Waals surface area contributed by atoms with E-state index in [2.05, 4.69) is 0 Å². The van der Waals surface area contributed by atoms with Crippen molar-refractivity contribution in [1.29, 1.82) is 0 Å². The predicted octanol–water partition coefficient (Wildman–Crippen LogP) is -0.319. The van der Waals surface area contributed by atoms with Crippen LogP contribution in [0.25, 0.3) is 0 Å².